The fourth-order valence-electron chi connectivity index (χ4n) is 2.41. The molecule has 0 bridgehead atoms. The smallest absolute Gasteiger partial charge is 0.386 e. The Kier molecular flexibility index (Phi) is 7.66. The van der Waals surface area contributed by atoms with Crippen LogP contribution in [0.4, 0.5) is 5.82 Å². The SMILES string of the molecule is C#C[C@@]1(O)C(O)[C@@H](COP(=O)(O)OP(=O)(O)OP(=O)(O)O)O[C@H]1n1ccc(N)nc1=S. The summed E-state index contributed by atoms with van der Waals surface area (Å²) in [6.07, 6.45) is 1.43. The molecule has 0 aliphatic carbocycles. The second-order valence-electron chi connectivity index (χ2n) is 5.87. The molecule has 0 amide bonds. The first-order chi connectivity index (χ1) is 14.0. The van der Waals surface area contributed by atoms with Crippen molar-refractivity contribution in [1.29, 1.82) is 0 Å². The number of rotatable bonds is 8. The Balaban J connectivity index is 2.18. The lowest BCUT2D eigenvalue weighted by Gasteiger charge is -2.26. The number of hydrogen-bond acceptors (Lipinski definition) is 12. The first kappa shape index (κ1) is 26.2. The van der Waals surface area contributed by atoms with E-state index >= 15 is 0 Å². The van der Waals surface area contributed by atoms with Gasteiger partial charge in [-0.2, -0.15) is 8.62 Å². The number of aliphatic hydroxyl groups is 2. The van der Waals surface area contributed by atoms with Gasteiger partial charge in [0.15, 0.2) is 11.8 Å². The first-order valence-electron chi connectivity index (χ1n) is 7.66. The van der Waals surface area contributed by atoms with Gasteiger partial charge in [0.25, 0.3) is 0 Å². The molecule has 0 saturated carbocycles. The van der Waals surface area contributed by atoms with Crippen LogP contribution in [0.2, 0.25) is 0 Å². The van der Waals surface area contributed by atoms with Crippen LogP contribution in [0.1, 0.15) is 6.23 Å². The number of nitrogen functional groups attached to an aromatic ring is 1. The molecule has 1 aliphatic rings. The lowest BCUT2D eigenvalue weighted by atomic mass is 9.95. The van der Waals surface area contributed by atoms with Gasteiger partial charge < -0.3 is 40.3 Å². The van der Waals surface area contributed by atoms with Crippen LogP contribution >= 0.6 is 35.7 Å². The Bertz CT molecular complexity index is 1080. The van der Waals surface area contributed by atoms with E-state index in [9.17, 15) is 28.8 Å². The second kappa shape index (κ2) is 9.06. The predicted molar refractivity (Wildman–Crippen MR) is 101 cm³/mol. The second-order valence-corrected chi connectivity index (χ2v) is 10.7. The molecule has 1 aliphatic heterocycles. The van der Waals surface area contributed by atoms with Crippen molar-refractivity contribution in [3.05, 3.63) is 17.0 Å². The predicted octanol–water partition coefficient (Wildman–Crippen LogP) is -0.839. The number of ether oxygens (including phenoxy) is 1. The van der Waals surface area contributed by atoms with E-state index in [1.54, 1.807) is 0 Å². The van der Waals surface area contributed by atoms with Crippen molar-refractivity contribution >= 4 is 41.5 Å². The molecule has 0 aromatic carbocycles. The average Bonchev–Trinajstić information content (AvgIpc) is 2.82. The largest absolute Gasteiger partial charge is 0.490 e. The van der Waals surface area contributed by atoms with Crippen molar-refractivity contribution in [3.8, 4) is 12.3 Å². The van der Waals surface area contributed by atoms with Gasteiger partial charge in [-0.15, -0.1) is 6.42 Å². The van der Waals surface area contributed by atoms with Gasteiger partial charge in [0.1, 0.15) is 18.0 Å². The highest BCUT2D eigenvalue weighted by Crippen LogP contribution is 2.66. The van der Waals surface area contributed by atoms with Crippen molar-refractivity contribution in [1.82, 2.24) is 9.55 Å². The van der Waals surface area contributed by atoms with E-state index in [4.69, 9.17) is 43.8 Å². The molecule has 1 aromatic rings. The number of phosphoric acid groups is 3. The summed E-state index contributed by atoms with van der Waals surface area (Å²) in [4.78, 5) is 39.4. The zero-order valence-corrected chi connectivity index (χ0v) is 18.4. The zero-order chi connectivity index (χ0) is 23.8. The third-order valence-corrected chi connectivity index (χ3v) is 7.74. The summed E-state index contributed by atoms with van der Waals surface area (Å²) in [5.41, 5.74) is 3.06. The van der Waals surface area contributed by atoms with E-state index in [1.807, 2.05) is 5.92 Å². The van der Waals surface area contributed by atoms with Gasteiger partial charge >= 0.3 is 23.5 Å². The molecule has 1 fully saturated rings. The first-order valence-corrected chi connectivity index (χ1v) is 12.6. The number of aliphatic hydroxyl groups excluding tert-OH is 1. The Morgan fingerprint density at radius 1 is 1.29 bits per heavy atom. The minimum Gasteiger partial charge on any atom is -0.386 e. The average molecular weight is 523 g/mol. The lowest BCUT2D eigenvalue weighted by molar-refractivity contribution is -0.0750. The fourth-order valence-corrected chi connectivity index (χ4v) is 5.71. The molecule has 0 radical (unpaired) electrons. The highest BCUT2D eigenvalue weighted by atomic mass is 32.1. The van der Waals surface area contributed by atoms with Gasteiger partial charge in [-0.1, -0.05) is 5.92 Å². The van der Waals surface area contributed by atoms with Crippen molar-refractivity contribution in [2.24, 2.45) is 0 Å². The van der Waals surface area contributed by atoms with Gasteiger partial charge in [-0.25, -0.2) is 18.7 Å². The van der Waals surface area contributed by atoms with Crippen LogP contribution in [-0.2, 0) is 31.6 Å². The zero-order valence-electron chi connectivity index (χ0n) is 14.9. The Labute approximate surface area is 178 Å². The molecular weight excluding hydrogens is 507 g/mol. The monoisotopic (exact) mass is 523 g/mol. The molecule has 2 heterocycles. The molecule has 1 saturated heterocycles. The summed E-state index contributed by atoms with van der Waals surface area (Å²) in [7, 11) is -16.8. The van der Waals surface area contributed by atoms with Gasteiger partial charge in [0, 0.05) is 6.20 Å². The van der Waals surface area contributed by atoms with Gasteiger partial charge in [-0.3, -0.25) is 9.09 Å². The quantitative estimate of drug-likeness (QED) is 0.125. The van der Waals surface area contributed by atoms with E-state index in [1.165, 1.54) is 12.3 Å². The molecule has 20 heteroatoms. The number of nitrogens with zero attached hydrogens (tertiary/aromatic N) is 2. The van der Waals surface area contributed by atoms with Crippen molar-refractivity contribution < 1.29 is 61.4 Å². The topological polar surface area (TPSA) is 253 Å². The Morgan fingerprint density at radius 3 is 2.42 bits per heavy atom. The Hall–Kier alpha value is -1.05. The summed E-state index contributed by atoms with van der Waals surface area (Å²) in [5.74, 6) is 1.95. The molecule has 6 atom stereocenters. The van der Waals surface area contributed by atoms with Crippen LogP contribution in [-0.4, -0.2) is 63.8 Å². The van der Waals surface area contributed by atoms with Crippen molar-refractivity contribution in [2.75, 3.05) is 12.3 Å². The molecule has 1 aromatic heterocycles. The van der Waals surface area contributed by atoms with Gasteiger partial charge in [0.05, 0.1) is 6.61 Å². The maximum Gasteiger partial charge on any atom is 0.490 e. The summed E-state index contributed by atoms with van der Waals surface area (Å²) < 4.78 is 51.5. The maximum absolute atomic E-state index is 11.8. The van der Waals surface area contributed by atoms with Gasteiger partial charge in [0.2, 0.25) is 4.77 Å². The minimum absolute atomic E-state index is 0.0354. The van der Waals surface area contributed by atoms with Crippen molar-refractivity contribution in [3.63, 3.8) is 0 Å². The summed E-state index contributed by atoms with van der Waals surface area (Å²) in [6, 6.07) is 1.28. The number of anilines is 1. The fraction of sp³-hybridized carbons (Fsp3) is 0.455. The summed E-state index contributed by atoms with van der Waals surface area (Å²) >= 11 is 4.99. The molecule has 8 N–H and O–H groups in total. The molecule has 0 spiro atoms. The number of nitrogens with two attached hydrogens (primary N) is 1. The maximum atomic E-state index is 11.8. The lowest BCUT2D eigenvalue weighted by Crippen LogP contribution is -2.46. The Morgan fingerprint density at radius 2 is 1.90 bits per heavy atom. The van der Waals surface area contributed by atoms with E-state index in [0.717, 1.165) is 4.57 Å². The number of aromatic nitrogens is 2. The highest BCUT2D eigenvalue weighted by Gasteiger charge is 2.56. The normalized spacial score (nSPS) is 30.3. The van der Waals surface area contributed by atoms with Crippen LogP contribution < -0.4 is 5.73 Å². The van der Waals surface area contributed by atoms with E-state index in [-0.39, 0.29) is 10.6 Å². The molecule has 16 nitrogen and oxygen atoms in total. The van der Waals surface area contributed by atoms with Crippen molar-refractivity contribution in [2.45, 2.75) is 24.0 Å². The summed E-state index contributed by atoms with van der Waals surface area (Å²) in [6.45, 7) is -1.05. The molecule has 2 rings (SSSR count). The van der Waals surface area contributed by atoms with E-state index in [0.29, 0.717) is 0 Å². The van der Waals surface area contributed by atoms with E-state index < -0.39 is 54.1 Å². The van der Waals surface area contributed by atoms with Crippen LogP contribution in [0.15, 0.2) is 12.3 Å². The molecular formula is C11H16N3O13P3S. The third-order valence-electron chi connectivity index (χ3n) is 3.64. The van der Waals surface area contributed by atoms with Crippen LogP contribution in [0, 0.1) is 17.1 Å². The van der Waals surface area contributed by atoms with E-state index in [2.05, 4.69) is 18.1 Å². The highest BCUT2D eigenvalue weighted by molar-refractivity contribution is 7.71. The van der Waals surface area contributed by atoms with Crippen LogP contribution in [0.25, 0.3) is 0 Å². The number of terminal acetylenes is 1. The number of phosphoric ester groups is 1. The molecule has 31 heavy (non-hydrogen) atoms. The van der Waals surface area contributed by atoms with Gasteiger partial charge in [-0.05, 0) is 18.3 Å². The third kappa shape index (κ3) is 6.48. The molecule has 3 unspecified atom stereocenters. The number of hydrogen-bond donors (Lipinski definition) is 7. The summed E-state index contributed by atoms with van der Waals surface area (Å²) in [5, 5.41) is 21.0. The van der Waals surface area contributed by atoms with Crippen LogP contribution in [0.5, 0.6) is 0 Å². The molecule has 174 valence electrons. The minimum atomic E-state index is -5.74. The standard InChI is InChI=1S/C11H16N3O13P3S/c1-2-11(16)8(15)6(25-9(11)14-4-3-7(12)13-10(14)31)5-24-29(20,21)27-30(22,23)26-28(17,18)19/h1,3-4,6,8-9,15-16H,5H2,(H,20,21)(H,22,23)(H2,12,13,31)(H2,17,18,19)/t6-,8?,9-,11-/m1/s1. The van der Waals surface area contributed by atoms with Crippen LogP contribution in [0.3, 0.4) is 0 Å².